The molecule has 0 rings (SSSR count). The Labute approximate surface area is 173 Å². The van der Waals surface area contributed by atoms with Crippen LogP contribution in [0.1, 0.15) is 137 Å². The average molecular weight is 380 g/mol. The molecule has 0 saturated carbocycles. The molecule has 0 heterocycles. The minimum atomic E-state index is 0.471. The standard InChI is InChI=1S/C26H53N/c1-5-7-9-10-11-12-13-14-15-16-17-18-19-20-21-22-24-27-25-26(3,4)23-8-6-2/h14-15,27H,5-13,16-25H2,1-4H3/b15-14-. The lowest BCUT2D eigenvalue weighted by Crippen LogP contribution is -2.30. The lowest BCUT2D eigenvalue weighted by Gasteiger charge is -2.24. The van der Waals surface area contributed by atoms with E-state index in [1.807, 2.05) is 0 Å². The van der Waals surface area contributed by atoms with Gasteiger partial charge in [0.15, 0.2) is 0 Å². The second kappa shape index (κ2) is 20.4. The van der Waals surface area contributed by atoms with E-state index in [9.17, 15) is 0 Å². The van der Waals surface area contributed by atoms with E-state index >= 15 is 0 Å². The molecule has 0 aromatic rings. The van der Waals surface area contributed by atoms with Gasteiger partial charge in [0.1, 0.15) is 0 Å². The van der Waals surface area contributed by atoms with Crippen molar-refractivity contribution in [3.8, 4) is 0 Å². The Balaban J connectivity index is 3.21. The number of allylic oxidation sites excluding steroid dienone is 2. The van der Waals surface area contributed by atoms with E-state index < -0.39 is 0 Å². The highest BCUT2D eigenvalue weighted by Crippen LogP contribution is 2.21. The topological polar surface area (TPSA) is 12.0 Å². The number of rotatable bonds is 21. The summed E-state index contributed by atoms with van der Waals surface area (Å²) in [7, 11) is 0. The maximum absolute atomic E-state index is 3.68. The first kappa shape index (κ1) is 26.7. The first-order valence-corrected chi connectivity index (χ1v) is 12.5. The van der Waals surface area contributed by atoms with Crippen LogP contribution in [0.25, 0.3) is 0 Å². The van der Waals surface area contributed by atoms with Crippen molar-refractivity contribution in [2.24, 2.45) is 5.41 Å². The van der Waals surface area contributed by atoms with Gasteiger partial charge in [-0.05, 0) is 50.5 Å². The first-order chi connectivity index (χ1) is 13.1. The van der Waals surface area contributed by atoms with Crippen LogP contribution in [0.5, 0.6) is 0 Å². The van der Waals surface area contributed by atoms with Crippen molar-refractivity contribution in [1.29, 1.82) is 0 Å². The number of unbranched alkanes of at least 4 members (excludes halogenated alkanes) is 13. The van der Waals surface area contributed by atoms with Crippen LogP contribution in [0.3, 0.4) is 0 Å². The largest absolute Gasteiger partial charge is 0.316 e. The average Bonchev–Trinajstić information content (AvgIpc) is 2.65. The predicted molar refractivity (Wildman–Crippen MR) is 126 cm³/mol. The van der Waals surface area contributed by atoms with Gasteiger partial charge in [0.05, 0.1) is 0 Å². The van der Waals surface area contributed by atoms with Crippen molar-refractivity contribution in [2.45, 2.75) is 137 Å². The SMILES string of the molecule is CCCCCCCC/C=C\CCCCCCCCNCC(C)(C)CCCC. The van der Waals surface area contributed by atoms with Crippen LogP contribution in [0.15, 0.2) is 12.2 Å². The summed E-state index contributed by atoms with van der Waals surface area (Å²) in [6.45, 7) is 11.8. The van der Waals surface area contributed by atoms with Crippen molar-refractivity contribution < 1.29 is 0 Å². The molecule has 0 unspecified atom stereocenters. The summed E-state index contributed by atoms with van der Waals surface area (Å²) >= 11 is 0. The van der Waals surface area contributed by atoms with Crippen LogP contribution in [0, 0.1) is 5.41 Å². The van der Waals surface area contributed by atoms with E-state index in [1.54, 1.807) is 0 Å². The summed E-state index contributed by atoms with van der Waals surface area (Å²) in [4.78, 5) is 0. The number of hydrogen-bond acceptors (Lipinski definition) is 1. The van der Waals surface area contributed by atoms with Gasteiger partial charge < -0.3 is 5.32 Å². The molecule has 27 heavy (non-hydrogen) atoms. The first-order valence-electron chi connectivity index (χ1n) is 12.5. The van der Waals surface area contributed by atoms with Gasteiger partial charge in [0.2, 0.25) is 0 Å². The van der Waals surface area contributed by atoms with Crippen molar-refractivity contribution in [3.05, 3.63) is 12.2 Å². The summed E-state index contributed by atoms with van der Waals surface area (Å²) in [6.07, 6.45) is 28.3. The zero-order valence-corrected chi connectivity index (χ0v) is 19.6. The lowest BCUT2D eigenvalue weighted by atomic mass is 9.87. The molecule has 162 valence electrons. The summed E-state index contributed by atoms with van der Waals surface area (Å²) in [5.41, 5.74) is 0.471. The molecule has 0 aliphatic rings. The van der Waals surface area contributed by atoms with Gasteiger partial charge >= 0.3 is 0 Å². The Hall–Kier alpha value is -0.300. The van der Waals surface area contributed by atoms with E-state index in [-0.39, 0.29) is 0 Å². The molecule has 0 saturated heterocycles. The molecule has 0 amide bonds. The minimum absolute atomic E-state index is 0.471. The van der Waals surface area contributed by atoms with Crippen molar-refractivity contribution >= 4 is 0 Å². The zero-order valence-electron chi connectivity index (χ0n) is 19.6. The molecule has 1 N–H and O–H groups in total. The molecule has 0 bridgehead atoms. The van der Waals surface area contributed by atoms with Crippen LogP contribution >= 0.6 is 0 Å². The summed E-state index contributed by atoms with van der Waals surface area (Å²) < 4.78 is 0. The second-order valence-corrected chi connectivity index (χ2v) is 9.38. The van der Waals surface area contributed by atoms with Crippen molar-refractivity contribution in [1.82, 2.24) is 5.32 Å². The van der Waals surface area contributed by atoms with Gasteiger partial charge in [-0.2, -0.15) is 0 Å². The Morgan fingerprint density at radius 2 is 1.07 bits per heavy atom. The van der Waals surface area contributed by atoms with E-state index in [0.29, 0.717) is 5.41 Å². The molecule has 0 aromatic heterocycles. The Morgan fingerprint density at radius 3 is 1.63 bits per heavy atom. The molecular weight excluding hydrogens is 326 g/mol. The van der Waals surface area contributed by atoms with E-state index in [4.69, 9.17) is 0 Å². The predicted octanol–water partition coefficient (Wildman–Crippen LogP) is 8.83. The molecule has 0 atom stereocenters. The van der Waals surface area contributed by atoms with Crippen LogP contribution in [-0.4, -0.2) is 13.1 Å². The maximum atomic E-state index is 3.68. The summed E-state index contributed by atoms with van der Waals surface area (Å²) in [6, 6.07) is 0. The van der Waals surface area contributed by atoms with Crippen LogP contribution in [0.4, 0.5) is 0 Å². The zero-order chi connectivity index (χ0) is 20.1. The minimum Gasteiger partial charge on any atom is -0.316 e. The van der Waals surface area contributed by atoms with Gasteiger partial charge in [0, 0.05) is 6.54 Å². The fourth-order valence-corrected chi connectivity index (χ4v) is 3.67. The number of nitrogens with one attached hydrogen (secondary N) is 1. The highest BCUT2D eigenvalue weighted by atomic mass is 14.9. The molecule has 0 aromatic carbocycles. The van der Waals surface area contributed by atoms with E-state index in [2.05, 4.69) is 45.2 Å². The Kier molecular flexibility index (Phi) is 20.2. The third kappa shape index (κ3) is 21.9. The van der Waals surface area contributed by atoms with Gasteiger partial charge in [-0.1, -0.05) is 110 Å². The lowest BCUT2D eigenvalue weighted by molar-refractivity contribution is 0.304. The van der Waals surface area contributed by atoms with E-state index in [1.165, 1.54) is 122 Å². The fraction of sp³-hybridized carbons (Fsp3) is 0.923. The molecule has 0 spiro atoms. The molecule has 0 radical (unpaired) electrons. The maximum Gasteiger partial charge on any atom is 0.000252 e. The fourth-order valence-electron chi connectivity index (χ4n) is 3.67. The normalized spacial score (nSPS) is 12.3. The van der Waals surface area contributed by atoms with Crippen LogP contribution in [-0.2, 0) is 0 Å². The molecule has 0 aliphatic carbocycles. The van der Waals surface area contributed by atoms with Gasteiger partial charge in [-0.3, -0.25) is 0 Å². The smallest absolute Gasteiger partial charge is 0.000252 e. The Bertz CT molecular complexity index is 305. The highest BCUT2D eigenvalue weighted by molar-refractivity contribution is 4.81. The molecular formula is C26H53N. The van der Waals surface area contributed by atoms with Crippen LogP contribution in [0.2, 0.25) is 0 Å². The van der Waals surface area contributed by atoms with Gasteiger partial charge in [-0.15, -0.1) is 0 Å². The number of hydrogen-bond donors (Lipinski definition) is 1. The third-order valence-electron chi connectivity index (χ3n) is 5.68. The van der Waals surface area contributed by atoms with E-state index in [0.717, 1.165) is 0 Å². The second-order valence-electron chi connectivity index (χ2n) is 9.38. The van der Waals surface area contributed by atoms with Gasteiger partial charge in [-0.25, -0.2) is 0 Å². The van der Waals surface area contributed by atoms with Crippen LogP contribution < -0.4 is 5.32 Å². The quantitative estimate of drug-likeness (QED) is 0.155. The molecule has 1 nitrogen and oxygen atoms in total. The molecule has 0 aliphatic heterocycles. The molecule has 1 heteroatoms. The summed E-state index contributed by atoms with van der Waals surface area (Å²) in [5, 5.41) is 3.68. The van der Waals surface area contributed by atoms with Crippen molar-refractivity contribution in [2.75, 3.05) is 13.1 Å². The monoisotopic (exact) mass is 379 g/mol. The third-order valence-corrected chi connectivity index (χ3v) is 5.68. The molecule has 0 fully saturated rings. The highest BCUT2D eigenvalue weighted by Gasteiger charge is 2.15. The van der Waals surface area contributed by atoms with Crippen molar-refractivity contribution in [3.63, 3.8) is 0 Å². The van der Waals surface area contributed by atoms with Gasteiger partial charge in [0.25, 0.3) is 0 Å². The Morgan fingerprint density at radius 1 is 0.593 bits per heavy atom. The summed E-state index contributed by atoms with van der Waals surface area (Å²) in [5.74, 6) is 0.